The van der Waals surface area contributed by atoms with Gasteiger partial charge in [0.05, 0.1) is 31.3 Å². The van der Waals surface area contributed by atoms with E-state index in [9.17, 15) is 0 Å². The van der Waals surface area contributed by atoms with Crippen molar-refractivity contribution >= 4 is 27.5 Å². The molecule has 0 unspecified atom stereocenters. The Labute approximate surface area is 122 Å². The summed E-state index contributed by atoms with van der Waals surface area (Å²) in [4.78, 5) is 1.76. The average molecular weight is 334 g/mol. The number of rotatable bonds is 6. The van der Waals surface area contributed by atoms with Gasteiger partial charge in [0.2, 0.25) is 0 Å². The number of quaternary nitrogens is 1. The summed E-state index contributed by atoms with van der Waals surface area (Å²) in [5.41, 5.74) is 0. The maximum atomic E-state index is 6.09. The van der Waals surface area contributed by atoms with Crippen molar-refractivity contribution < 1.29 is 9.64 Å². The molecule has 1 aromatic rings. The number of halogens is 2. The fraction of sp³-hybridized carbons (Fsp3) is 0.571. The molecule has 0 aromatic heterocycles. The Morgan fingerprint density at radius 2 is 2.00 bits per heavy atom. The van der Waals surface area contributed by atoms with Gasteiger partial charge < -0.3 is 9.64 Å². The Morgan fingerprint density at radius 1 is 1.22 bits per heavy atom. The predicted molar refractivity (Wildman–Crippen MR) is 78.7 cm³/mol. The van der Waals surface area contributed by atoms with E-state index in [-0.39, 0.29) is 0 Å². The van der Waals surface area contributed by atoms with Crippen LogP contribution >= 0.6 is 27.5 Å². The lowest BCUT2D eigenvalue weighted by atomic mass is 10.3. The zero-order valence-electron chi connectivity index (χ0n) is 10.6. The third kappa shape index (κ3) is 4.45. The lowest BCUT2D eigenvalue weighted by Crippen LogP contribution is -3.09. The molecule has 1 saturated heterocycles. The fourth-order valence-corrected chi connectivity index (χ4v) is 3.10. The van der Waals surface area contributed by atoms with Gasteiger partial charge in [-0.25, -0.2) is 0 Å². The minimum absolute atomic E-state index is 0.676. The Bertz CT molecular complexity index is 380. The van der Waals surface area contributed by atoms with E-state index in [1.54, 1.807) is 4.90 Å². The molecule has 1 aliphatic heterocycles. The zero-order valence-corrected chi connectivity index (χ0v) is 12.9. The van der Waals surface area contributed by atoms with Crippen LogP contribution in [-0.2, 0) is 0 Å². The molecule has 0 radical (unpaired) electrons. The molecule has 0 saturated carbocycles. The summed E-state index contributed by atoms with van der Waals surface area (Å²) < 4.78 is 6.68. The second-order valence-corrected chi connectivity index (χ2v) is 6.16. The molecule has 0 spiro atoms. The standard InChI is InChI=1S/C14H19BrClNO/c15-12-5-6-14(13(16)11-12)18-10-4-3-9-17-7-1-2-8-17/h5-6,11H,1-4,7-10H2/p+1. The van der Waals surface area contributed by atoms with Crippen molar-refractivity contribution in [3.8, 4) is 5.75 Å². The second kappa shape index (κ2) is 7.37. The Kier molecular flexibility index (Phi) is 5.80. The number of hydrogen-bond acceptors (Lipinski definition) is 1. The number of ether oxygens (including phenoxy) is 1. The lowest BCUT2D eigenvalue weighted by Gasteiger charge is -2.12. The molecule has 0 aliphatic carbocycles. The van der Waals surface area contributed by atoms with Crippen LogP contribution in [0.1, 0.15) is 25.7 Å². The van der Waals surface area contributed by atoms with Crippen LogP contribution in [0.3, 0.4) is 0 Å². The van der Waals surface area contributed by atoms with Gasteiger partial charge in [-0.1, -0.05) is 27.5 Å². The van der Waals surface area contributed by atoms with Crippen molar-refractivity contribution in [1.82, 2.24) is 0 Å². The van der Waals surface area contributed by atoms with Gasteiger partial charge in [-0.3, -0.25) is 0 Å². The summed E-state index contributed by atoms with van der Waals surface area (Å²) >= 11 is 9.47. The van der Waals surface area contributed by atoms with E-state index in [2.05, 4.69) is 15.9 Å². The third-order valence-electron chi connectivity index (χ3n) is 3.39. The molecule has 1 fully saturated rings. The second-order valence-electron chi connectivity index (χ2n) is 4.84. The molecule has 2 nitrogen and oxygen atoms in total. The van der Waals surface area contributed by atoms with Gasteiger partial charge >= 0.3 is 0 Å². The van der Waals surface area contributed by atoms with E-state index >= 15 is 0 Å². The fourth-order valence-electron chi connectivity index (χ4n) is 2.38. The molecule has 1 aliphatic rings. The minimum Gasteiger partial charge on any atom is -0.492 e. The highest BCUT2D eigenvalue weighted by Gasteiger charge is 2.13. The highest BCUT2D eigenvalue weighted by molar-refractivity contribution is 9.10. The molecule has 1 N–H and O–H groups in total. The summed E-state index contributed by atoms with van der Waals surface area (Å²) in [7, 11) is 0. The maximum Gasteiger partial charge on any atom is 0.137 e. The van der Waals surface area contributed by atoms with E-state index in [4.69, 9.17) is 16.3 Å². The van der Waals surface area contributed by atoms with Crippen LogP contribution in [0.5, 0.6) is 5.75 Å². The topological polar surface area (TPSA) is 13.7 Å². The first-order chi connectivity index (χ1) is 8.75. The SMILES string of the molecule is Clc1cc(Br)ccc1OCCCC[NH+]1CCCC1. The normalized spacial score (nSPS) is 16.1. The van der Waals surface area contributed by atoms with Gasteiger partial charge in [0, 0.05) is 17.3 Å². The number of nitrogens with one attached hydrogen (secondary N) is 1. The molecule has 18 heavy (non-hydrogen) atoms. The summed E-state index contributed by atoms with van der Waals surface area (Å²) in [6.45, 7) is 4.77. The molecular formula is C14H20BrClNO+. The molecular weight excluding hydrogens is 314 g/mol. The van der Waals surface area contributed by atoms with Gasteiger partial charge in [0.1, 0.15) is 5.75 Å². The first kappa shape index (κ1) is 14.2. The van der Waals surface area contributed by atoms with Crippen LogP contribution in [-0.4, -0.2) is 26.2 Å². The Hall–Kier alpha value is -0.250. The maximum absolute atomic E-state index is 6.09. The number of hydrogen-bond donors (Lipinski definition) is 1. The van der Waals surface area contributed by atoms with Crippen molar-refractivity contribution in [2.45, 2.75) is 25.7 Å². The molecule has 0 bridgehead atoms. The molecule has 1 aromatic carbocycles. The first-order valence-electron chi connectivity index (χ1n) is 6.67. The van der Waals surface area contributed by atoms with E-state index in [1.807, 2.05) is 18.2 Å². The van der Waals surface area contributed by atoms with E-state index in [1.165, 1.54) is 38.9 Å². The van der Waals surface area contributed by atoms with Gasteiger partial charge in [-0.05, 0) is 31.0 Å². The van der Waals surface area contributed by atoms with E-state index in [0.29, 0.717) is 5.02 Å². The monoisotopic (exact) mass is 332 g/mol. The molecule has 2 rings (SSSR count). The van der Waals surface area contributed by atoms with Crippen molar-refractivity contribution in [1.29, 1.82) is 0 Å². The van der Waals surface area contributed by atoms with Crippen LogP contribution in [0.15, 0.2) is 22.7 Å². The lowest BCUT2D eigenvalue weighted by molar-refractivity contribution is -0.887. The van der Waals surface area contributed by atoms with Crippen LogP contribution in [0, 0.1) is 0 Å². The Morgan fingerprint density at radius 3 is 2.72 bits per heavy atom. The van der Waals surface area contributed by atoms with Crippen LogP contribution in [0.4, 0.5) is 0 Å². The van der Waals surface area contributed by atoms with Crippen LogP contribution < -0.4 is 9.64 Å². The molecule has 1 heterocycles. The summed E-state index contributed by atoms with van der Waals surface area (Å²) in [5, 5.41) is 0.676. The summed E-state index contributed by atoms with van der Waals surface area (Å²) in [6, 6.07) is 5.74. The quantitative estimate of drug-likeness (QED) is 0.790. The Balaban J connectivity index is 1.62. The number of unbranched alkanes of at least 4 members (excludes halogenated alkanes) is 1. The molecule has 0 amide bonds. The molecule has 0 atom stereocenters. The highest BCUT2D eigenvalue weighted by atomic mass is 79.9. The van der Waals surface area contributed by atoms with Crippen molar-refractivity contribution in [3.05, 3.63) is 27.7 Å². The van der Waals surface area contributed by atoms with Crippen LogP contribution in [0.25, 0.3) is 0 Å². The third-order valence-corrected chi connectivity index (χ3v) is 4.18. The van der Waals surface area contributed by atoms with Crippen molar-refractivity contribution in [2.24, 2.45) is 0 Å². The van der Waals surface area contributed by atoms with Gasteiger partial charge in [0.15, 0.2) is 0 Å². The van der Waals surface area contributed by atoms with Crippen molar-refractivity contribution in [2.75, 3.05) is 26.2 Å². The minimum atomic E-state index is 0.676. The van der Waals surface area contributed by atoms with Crippen LogP contribution in [0.2, 0.25) is 5.02 Å². The predicted octanol–water partition coefficient (Wildman–Crippen LogP) is 2.94. The average Bonchev–Trinajstić information content (AvgIpc) is 2.84. The molecule has 100 valence electrons. The van der Waals surface area contributed by atoms with Gasteiger partial charge in [0.25, 0.3) is 0 Å². The highest BCUT2D eigenvalue weighted by Crippen LogP contribution is 2.27. The van der Waals surface area contributed by atoms with Crippen molar-refractivity contribution in [3.63, 3.8) is 0 Å². The summed E-state index contributed by atoms with van der Waals surface area (Å²) in [5.74, 6) is 0.786. The molecule has 4 heteroatoms. The zero-order chi connectivity index (χ0) is 12.8. The largest absolute Gasteiger partial charge is 0.492 e. The smallest absolute Gasteiger partial charge is 0.137 e. The van der Waals surface area contributed by atoms with E-state index < -0.39 is 0 Å². The van der Waals surface area contributed by atoms with Gasteiger partial charge in [-0.2, -0.15) is 0 Å². The number of benzene rings is 1. The van der Waals surface area contributed by atoms with Gasteiger partial charge in [-0.15, -0.1) is 0 Å². The summed E-state index contributed by atoms with van der Waals surface area (Å²) in [6.07, 6.45) is 5.15. The first-order valence-corrected chi connectivity index (χ1v) is 7.84. The number of likely N-dealkylation sites (tertiary alicyclic amines) is 1. The van der Waals surface area contributed by atoms with E-state index in [0.717, 1.165) is 23.2 Å².